The molecule has 0 bridgehead atoms. The van der Waals surface area contributed by atoms with Gasteiger partial charge in [-0.2, -0.15) is 0 Å². The van der Waals surface area contributed by atoms with E-state index in [0.717, 1.165) is 31.2 Å². The number of methoxy groups -OCH3 is 1. The molecule has 0 radical (unpaired) electrons. The highest BCUT2D eigenvalue weighted by Gasteiger charge is 2.14. The molecule has 0 saturated carbocycles. The van der Waals surface area contributed by atoms with Crippen LogP contribution in [0.2, 0.25) is 0 Å². The Hall–Kier alpha value is -1.06. The number of benzene rings is 1. The van der Waals surface area contributed by atoms with Crippen LogP contribution in [0.5, 0.6) is 5.75 Å². The first kappa shape index (κ1) is 25.0. The Morgan fingerprint density at radius 2 is 1.71 bits per heavy atom. The van der Waals surface area contributed by atoms with Crippen molar-refractivity contribution >= 4 is 29.9 Å². The summed E-state index contributed by atoms with van der Waals surface area (Å²) in [4.78, 5) is 9.43. The average molecular weight is 503 g/mol. The maximum Gasteiger partial charge on any atom is 0.190 e. The van der Waals surface area contributed by atoms with Gasteiger partial charge in [0.25, 0.3) is 0 Å². The summed E-state index contributed by atoms with van der Waals surface area (Å²) in [5, 5.41) is 6.81. The van der Waals surface area contributed by atoms with Crippen molar-refractivity contribution in [2.75, 3.05) is 66.5 Å². The van der Waals surface area contributed by atoms with Gasteiger partial charge in [0, 0.05) is 46.3 Å². The topological polar surface area (TPSA) is 52.1 Å². The van der Waals surface area contributed by atoms with Crippen LogP contribution in [0, 0.1) is 0 Å². The predicted octanol–water partition coefficient (Wildman–Crippen LogP) is 2.44. The van der Waals surface area contributed by atoms with Crippen LogP contribution in [0.1, 0.15) is 25.3 Å². The summed E-state index contributed by atoms with van der Waals surface area (Å²) in [7, 11) is 3.54. The van der Waals surface area contributed by atoms with Crippen molar-refractivity contribution in [3.8, 4) is 5.75 Å². The number of ether oxygens (including phenoxy) is 1. The molecule has 0 atom stereocenters. The zero-order valence-electron chi connectivity index (χ0n) is 17.7. The maximum absolute atomic E-state index is 5.40. The molecule has 1 aromatic rings. The summed E-state index contributed by atoms with van der Waals surface area (Å²) in [5.74, 6) is 1.82. The van der Waals surface area contributed by atoms with Crippen molar-refractivity contribution in [2.45, 2.75) is 26.2 Å². The minimum absolute atomic E-state index is 0. The van der Waals surface area contributed by atoms with Crippen LogP contribution in [-0.4, -0.2) is 82.3 Å². The maximum atomic E-state index is 5.40. The van der Waals surface area contributed by atoms with Gasteiger partial charge in [0.05, 0.1) is 7.11 Å². The lowest BCUT2D eigenvalue weighted by Gasteiger charge is -2.34. The van der Waals surface area contributed by atoms with E-state index >= 15 is 0 Å². The van der Waals surface area contributed by atoms with Gasteiger partial charge >= 0.3 is 0 Å². The van der Waals surface area contributed by atoms with Crippen LogP contribution >= 0.6 is 24.0 Å². The number of aliphatic imine (C=N–C) groups is 1. The zero-order valence-corrected chi connectivity index (χ0v) is 20.1. The molecular formula is C21H38IN5O. The van der Waals surface area contributed by atoms with Crippen LogP contribution < -0.4 is 15.4 Å². The second-order valence-electron chi connectivity index (χ2n) is 6.97. The fourth-order valence-corrected chi connectivity index (χ4v) is 3.44. The highest BCUT2D eigenvalue weighted by molar-refractivity contribution is 14.0. The number of unbranched alkanes of at least 4 members (excludes halogenated alkanes) is 1. The van der Waals surface area contributed by atoms with E-state index < -0.39 is 0 Å². The molecule has 2 N–H and O–H groups in total. The molecule has 160 valence electrons. The first-order valence-corrected chi connectivity index (χ1v) is 10.3. The number of nitrogens with zero attached hydrogens (tertiary/aromatic N) is 3. The minimum Gasteiger partial charge on any atom is -0.496 e. The van der Waals surface area contributed by atoms with Gasteiger partial charge in [-0.25, -0.2) is 0 Å². The number of piperazine rings is 1. The van der Waals surface area contributed by atoms with Crippen molar-refractivity contribution in [3.05, 3.63) is 29.8 Å². The van der Waals surface area contributed by atoms with Crippen LogP contribution in [0.25, 0.3) is 0 Å². The quantitative estimate of drug-likeness (QED) is 0.223. The Labute approximate surface area is 188 Å². The molecule has 1 heterocycles. The fraction of sp³-hybridized carbons (Fsp3) is 0.667. The second kappa shape index (κ2) is 14.9. The van der Waals surface area contributed by atoms with Crippen molar-refractivity contribution in [1.82, 2.24) is 20.4 Å². The average Bonchev–Trinajstić information content (AvgIpc) is 2.73. The van der Waals surface area contributed by atoms with E-state index in [9.17, 15) is 0 Å². The molecular weight excluding hydrogens is 465 g/mol. The van der Waals surface area contributed by atoms with Gasteiger partial charge in [-0.05, 0) is 44.0 Å². The molecule has 2 rings (SSSR count). The molecule has 0 aliphatic carbocycles. The molecule has 1 fully saturated rings. The van der Waals surface area contributed by atoms with E-state index in [1.54, 1.807) is 7.11 Å². The van der Waals surface area contributed by atoms with Gasteiger partial charge in [-0.3, -0.25) is 4.99 Å². The molecule has 0 amide bonds. The molecule has 0 aromatic heterocycles. The SMILES string of the molecule is CCN1CCN(CCCCNC(=NC)NCCc2ccccc2OC)CC1.I. The first-order valence-electron chi connectivity index (χ1n) is 10.3. The molecule has 1 aliphatic heterocycles. The lowest BCUT2D eigenvalue weighted by atomic mass is 10.1. The minimum atomic E-state index is 0. The number of guanidine groups is 1. The fourth-order valence-electron chi connectivity index (χ4n) is 3.44. The molecule has 0 spiro atoms. The third-order valence-electron chi connectivity index (χ3n) is 5.21. The van der Waals surface area contributed by atoms with Crippen LogP contribution in [-0.2, 0) is 6.42 Å². The Morgan fingerprint density at radius 3 is 2.39 bits per heavy atom. The van der Waals surface area contributed by atoms with E-state index in [1.165, 1.54) is 57.7 Å². The zero-order chi connectivity index (χ0) is 19.3. The number of hydrogen-bond acceptors (Lipinski definition) is 4. The summed E-state index contributed by atoms with van der Waals surface area (Å²) in [6.45, 7) is 11.3. The predicted molar refractivity (Wildman–Crippen MR) is 129 cm³/mol. The summed E-state index contributed by atoms with van der Waals surface area (Å²) in [6, 6.07) is 8.16. The number of halogens is 1. The number of rotatable bonds is 10. The third kappa shape index (κ3) is 8.96. The normalized spacial score (nSPS) is 15.8. The highest BCUT2D eigenvalue weighted by atomic mass is 127. The van der Waals surface area contributed by atoms with Crippen molar-refractivity contribution in [2.24, 2.45) is 4.99 Å². The van der Waals surface area contributed by atoms with Crippen LogP contribution in [0.4, 0.5) is 0 Å². The van der Waals surface area contributed by atoms with Crippen molar-refractivity contribution in [3.63, 3.8) is 0 Å². The van der Waals surface area contributed by atoms with Gasteiger partial charge < -0.3 is 25.2 Å². The van der Waals surface area contributed by atoms with Crippen LogP contribution in [0.15, 0.2) is 29.3 Å². The molecule has 7 heteroatoms. The summed E-state index contributed by atoms with van der Waals surface area (Å²) in [5.41, 5.74) is 1.21. The monoisotopic (exact) mass is 503 g/mol. The molecule has 28 heavy (non-hydrogen) atoms. The molecule has 1 saturated heterocycles. The first-order chi connectivity index (χ1) is 13.3. The lowest BCUT2D eigenvalue weighted by Crippen LogP contribution is -2.46. The second-order valence-corrected chi connectivity index (χ2v) is 6.97. The van der Waals surface area contributed by atoms with Gasteiger partial charge in [0.15, 0.2) is 5.96 Å². The van der Waals surface area contributed by atoms with Gasteiger partial charge in [0.1, 0.15) is 5.75 Å². The smallest absolute Gasteiger partial charge is 0.190 e. The standard InChI is InChI=1S/C21H37N5O.HI/c1-4-25-15-17-26(18-16-25)14-8-7-12-23-21(22-2)24-13-11-19-9-5-6-10-20(19)27-3;/h5-6,9-10H,4,7-8,11-18H2,1-3H3,(H2,22,23,24);1H. The lowest BCUT2D eigenvalue weighted by molar-refractivity contribution is 0.136. The van der Waals surface area contributed by atoms with Crippen molar-refractivity contribution < 1.29 is 4.74 Å². The Kier molecular flexibility index (Phi) is 13.3. The number of nitrogens with one attached hydrogen (secondary N) is 2. The highest BCUT2D eigenvalue weighted by Crippen LogP contribution is 2.17. The van der Waals surface area contributed by atoms with E-state index in [4.69, 9.17) is 4.74 Å². The van der Waals surface area contributed by atoms with E-state index in [1.807, 2.05) is 25.2 Å². The summed E-state index contributed by atoms with van der Waals surface area (Å²) in [6.07, 6.45) is 3.31. The third-order valence-corrected chi connectivity index (χ3v) is 5.21. The number of likely N-dealkylation sites (N-methyl/N-ethyl adjacent to an activating group) is 1. The van der Waals surface area contributed by atoms with Gasteiger partial charge in [0.2, 0.25) is 0 Å². The molecule has 1 aromatic carbocycles. The Bertz CT molecular complexity index is 561. The summed E-state index contributed by atoms with van der Waals surface area (Å²) >= 11 is 0. The summed E-state index contributed by atoms with van der Waals surface area (Å²) < 4.78 is 5.40. The Morgan fingerprint density at radius 1 is 1.04 bits per heavy atom. The number of hydrogen-bond donors (Lipinski definition) is 2. The largest absolute Gasteiger partial charge is 0.496 e. The van der Waals surface area contributed by atoms with Gasteiger partial charge in [-0.1, -0.05) is 25.1 Å². The molecule has 1 aliphatic rings. The molecule has 6 nitrogen and oxygen atoms in total. The van der Waals surface area contributed by atoms with E-state index in [0.29, 0.717) is 0 Å². The van der Waals surface area contributed by atoms with Gasteiger partial charge in [-0.15, -0.1) is 24.0 Å². The van der Waals surface area contributed by atoms with E-state index in [-0.39, 0.29) is 24.0 Å². The number of para-hydroxylation sites is 1. The van der Waals surface area contributed by atoms with Crippen molar-refractivity contribution in [1.29, 1.82) is 0 Å². The molecule has 0 unspecified atom stereocenters. The van der Waals surface area contributed by atoms with Crippen LogP contribution in [0.3, 0.4) is 0 Å². The van der Waals surface area contributed by atoms with E-state index in [2.05, 4.69) is 38.4 Å². The Balaban J connectivity index is 0.00000392.